The number of hydrogen-bond acceptors (Lipinski definition) is 4. The first kappa shape index (κ1) is 25.2. The van der Waals surface area contributed by atoms with Crippen molar-refractivity contribution in [1.82, 2.24) is 10.2 Å². The fraction of sp³-hybridized carbons (Fsp3) is 0.345. The Morgan fingerprint density at radius 2 is 1.81 bits per heavy atom. The first-order chi connectivity index (χ1) is 17.5. The Kier molecular flexibility index (Phi) is 7.88. The van der Waals surface area contributed by atoms with E-state index < -0.39 is 6.04 Å². The molecule has 1 unspecified atom stereocenters. The molecule has 1 heterocycles. The number of likely N-dealkylation sites (N-methyl/N-ethyl adjacent to an activating group) is 1. The Morgan fingerprint density at radius 3 is 2.53 bits per heavy atom. The van der Waals surface area contributed by atoms with E-state index in [4.69, 9.17) is 4.74 Å². The maximum Gasteiger partial charge on any atom is 0.258 e. The Balaban J connectivity index is 1.49. The molecule has 0 aromatic heterocycles. The van der Waals surface area contributed by atoms with Crippen LogP contribution in [0.15, 0.2) is 60.7 Å². The number of nitrogens with zero attached hydrogens (tertiary/aromatic N) is 2. The van der Waals surface area contributed by atoms with E-state index in [0.717, 1.165) is 22.0 Å². The lowest BCUT2D eigenvalue weighted by Gasteiger charge is -2.31. The molecular formula is C29H33N3O4. The van der Waals surface area contributed by atoms with Gasteiger partial charge in [-0.05, 0) is 55.0 Å². The zero-order valence-electron chi connectivity index (χ0n) is 21.1. The molecule has 1 N–H and O–H groups in total. The molecule has 0 bridgehead atoms. The Hall–Kier alpha value is -3.87. The molecule has 0 spiro atoms. The molecule has 36 heavy (non-hydrogen) atoms. The van der Waals surface area contributed by atoms with Crippen molar-refractivity contribution >= 4 is 34.2 Å². The summed E-state index contributed by atoms with van der Waals surface area (Å²) in [7, 11) is 1.60. The number of carbonyl (C=O) groups is 3. The van der Waals surface area contributed by atoms with Gasteiger partial charge >= 0.3 is 0 Å². The molecule has 0 saturated heterocycles. The van der Waals surface area contributed by atoms with Crippen molar-refractivity contribution in [2.75, 3.05) is 25.1 Å². The van der Waals surface area contributed by atoms with Crippen molar-refractivity contribution in [1.29, 1.82) is 0 Å². The predicted molar refractivity (Wildman–Crippen MR) is 141 cm³/mol. The van der Waals surface area contributed by atoms with Crippen LogP contribution < -0.4 is 15.0 Å². The standard InChI is InChI=1S/C29H33N3O4/c1-4-24(28(34)30-5-2)32(19-20-10-6-13-22(18-20)36-3)26(33)16-9-17-31-25-15-8-12-21-11-7-14-23(27(21)25)29(31)35/h6-8,10-15,18,24H,4-5,9,16-17,19H2,1-3H3,(H,30,34). The van der Waals surface area contributed by atoms with E-state index in [1.165, 1.54) is 0 Å². The quantitative estimate of drug-likeness (QED) is 0.431. The molecule has 7 nitrogen and oxygen atoms in total. The lowest BCUT2D eigenvalue weighted by molar-refractivity contribution is -0.141. The number of benzene rings is 3. The predicted octanol–water partition coefficient (Wildman–Crippen LogP) is 4.53. The van der Waals surface area contributed by atoms with Gasteiger partial charge in [0.2, 0.25) is 11.8 Å². The second kappa shape index (κ2) is 11.2. The van der Waals surface area contributed by atoms with Crippen LogP contribution in [0.3, 0.4) is 0 Å². The highest BCUT2D eigenvalue weighted by Gasteiger charge is 2.31. The molecule has 0 fully saturated rings. The second-order valence-electron chi connectivity index (χ2n) is 8.93. The van der Waals surface area contributed by atoms with Gasteiger partial charge in [-0.15, -0.1) is 0 Å². The van der Waals surface area contributed by atoms with Crippen LogP contribution in [-0.2, 0) is 16.1 Å². The average molecular weight is 488 g/mol. The summed E-state index contributed by atoms with van der Waals surface area (Å²) in [5, 5.41) is 4.86. The first-order valence-corrected chi connectivity index (χ1v) is 12.5. The van der Waals surface area contributed by atoms with Gasteiger partial charge in [-0.1, -0.05) is 43.3 Å². The third-order valence-corrected chi connectivity index (χ3v) is 6.65. The maximum atomic E-state index is 13.5. The van der Waals surface area contributed by atoms with Crippen molar-refractivity contribution in [2.24, 2.45) is 0 Å². The number of rotatable bonds is 11. The zero-order chi connectivity index (χ0) is 25.7. The van der Waals surface area contributed by atoms with Gasteiger partial charge in [0.1, 0.15) is 11.8 Å². The number of ether oxygens (including phenoxy) is 1. The summed E-state index contributed by atoms with van der Waals surface area (Å²) in [6.45, 7) is 5.01. The Labute approximate surface area is 212 Å². The third-order valence-electron chi connectivity index (χ3n) is 6.65. The van der Waals surface area contributed by atoms with E-state index >= 15 is 0 Å². The van der Waals surface area contributed by atoms with Crippen molar-refractivity contribution in [3.8, 4) is 5.75 Å². The number of carbonyl (C=O) groups excluding carboxylic acids is 3. The van der Waals surface area contributed by atoms with E-state index in [0.29, 0.717) is 43.8 Å². The molecule has 3 aromatic rings. The summed E-state index contributed by atoms with van der Waals surface area (Å²) in [6, 6.07) is 18.6. The third kappa shape index (κ3) is 5.05. The lowest BCUT2D eigenvalue weighted by atomic mass is 10.1. The molecule has 0 saturated carbocycles. The van der Waals surface area contributed by atoms with Crippen LogP contribution in [-0.4, -0.2) is 48.9 Å². The average Bonchev–Trinajstić information content (AvgIpc) is 3.17. The molecule has 0 radical (unpaired) electrons. The van der Waals surface area contributed by atoms with Gasteiger partial charge < -0.3 is 19.9 Å². The van der Waals surface area contributed by atoms with Crippen LogP contribution in [0, 0.1) is 0 Å². The highest BCUT2D eigenvalue weighted by atomic mass is 16.5. The van der Waals surface area contributed by atoms with Crippen LogP contribution in [0.5, 0.6) is 5.75 Å². The van der Waals surface area contributed by atoms with E-state index in [1.54, 1.807) is 16.9 Å². The minimum Gasteiger partial charge on any atom is -0.497 e. The van der Waals surface area contributed by atoms with Gasteiger partial charge in [0, 0.05) is 37.0 Å². The van der Waals surface area contributed by atoms with Gasteiger partial charge in [0.05, 0.1) is 12.8 Å². The molecule has 3 amide bonds. The maximum absolute atomic E-state index is 13.5. The van der Waals surface area contributed by atoms with Crippen LogP contribution in [0.4, 0.5) is 5.69 Å². The second-order valence-corrected chi connectivity index (χ2v) is 8.93. The van der Waals surface area contributed by atoms with Gasteiger partial charge in [-0.25, -0.2) is 0 Å². The summed E-state index contributed by atoms with van der Waals surface area (Å²) in [4.78, 5) is 42.8. The van der Waals surface area contributed by atoms with E-state index in [2.05, 4.69) is 5.32 Å². The van der Waals surface area contributed by atoms with E-state index in [-0.39, 0.29) is 24.1 Å². The molecular weight excluding hydrogens is 454 g/mol. The highest BCUT2D eigenvalue weighted by molar-refractivity contribution is 6.25. The van der Waals surface area contributed by atoms with Gasteiger partial charge in [0.15, 0.2) is 0 Å². The molecule has 1 aliphatic rings. The van der Waals surface area contributed by atoms with E-state index in [9.17, 15) is 14.4 Å². The SMILES string of the molecule is CCNC(=O)C(CC)N(Cc1cccc(OC)c1)C(=O)CCCN1C(=O)c2cccc3cccc1c23. The number of anilines is 1. The number of amides is 3. The van der Waals surface area contributed by atoms with Crippen molar-refractivity contribution in [3.05, 3.63) is 71.8 Å². The summed E-state index contributed by atoms with van der Waals surface area (Å²) < 4.78 is 5.33. The van der Waals surface area contributed by atoms with Crippen LogP contribution in [0.25, 0.3) is 10.8 Å². The molecule has 1 aliphatic heterocycles. The van der Waals surface area contributed by atoms with Crippen LogP contribution in [0.2, 0.25) is 0 Å². The molecule has 188 valence electrons. The minimum atomic E-state index is -0.574. The normalized spacial score (nSPS) is 13.1. The summed E-state index contributed by atoms with van der Waals surface area (Å²) in [5.74, 6) is 0.398. The fourth-order valence-corrected chi connectivity index (χ4v) is 4.91. The van der Waals surface area contributed by atoms with Crippen LogP contribution in [0.1, 0.15) is 49.0 Å². The van der Waals surface area contributed by atoms with Crippen LogP contribution >= 0.6 is 0 Å². The first-order valence-electron chi connectivity index (χ1n) is 12.5. The van der Waals surface area contributed by atoms with Gasteiger partial charge in [0.25, 0.3) is 5.91 Å². The minimum absolute atomic E-state index is 0.0313. The number of hydrogen-bond donors (Lipinski definition) is 1. The summed E-state index contributed by atoms with van der Waals surface area (Å²) >= 11 is 0. The Morgan fingerprint density at radius 1 is 1.06 bits per heavy atom. The van der Waals surface area contributed by atoms with Crippen molar-refractivity contribution in [2.45, 2.75) is 45.7 Å². The summed E-state index contributed by atoms with van der Waals surface area (Å²) in [6.07, 6.45) is 1.23. The highest BCUT2D eigenvalue weighted by Crippen LogP contribution is 2.37. The largest absolute Gasteiger partial charge is 0.497 e. The number of nitrogens with one attached hydrogen (secondary N) is 1. The molecule has 7 heteroatoms. The van der Waals surface area contributed by atoms with Gasteiger partial charge in [-0.2, -0.15) is 0 Å². The topological polar surface area (TPSA) is 79.0 Å². The molecule has 4 rings (SSSR count). The van der Waals surface area contributed by atoms with Gasteiger partial charge in [-0.3, -0.25) is 14.4 Å². The Bertz CT molecular complexity index is 1270. The monoisotopic (exact) mass is 487 g/mol. The smallest absolute Gasteiger partial charge is 0.258 e. The van der Waals surface area contributed by atoms with E-state index in [1.807, 2.05) is 74.5 Å². The fourth-order valence-electron chi connectivity index (χ4n) is 4.91. The zero-order valence-corrected chi connectivity index (χ0v) is 21.1. The molecule has 1 atom stereocenters. The summed E-state index contributed by atoms with van der Waals surface area (Å²) in [5.41, 5.74) is 2.49. The lowest BCUT2D eigenvalue weighted by Crippen LogP contribution is -2.49. The van der Waals surface area contributed by atoms with Crippen molar-refractivity contribution < 1.29 is 19.1 Å². The molecule has 3 aromatic carbocycles. The molecule has 0 aliphatic carbocycles. The van der Waals surface area contributed by atoms with Crippen molar-refractivity contribution in [3.63, 3.8) is 0 Å². The number of methoxy groups -OCH3 is 1.